The Bertz CT molecular complexity index is 1360. The Labute approximate surface area is 212 Å². The molecule has 5 nitrogen and oxygen atoms in total. The number of para-hydroxylation sites is 3. The molecule has 4 aromatic rings. The van der Waals surface area contributed by atoms with E-state index in [0.717, 1.165) is 26.7 Å². The average molecular weight is 502 g/mol. The number of anilines is 2. The zero-order chi connectivity index (χ0) is 24.2. The molecule has 0 saturated carbocycles. The molecule has 5 rings (SSSR count). The predicted molar refractivity (Wildman–Crippen MR) is 137 cm³/mol. The van der Waals surface area contributed by atoms with Crippen LogP contribution in [0.5, 0.6) is 5.75 Å². The van der Waals surface area contributed by atoms with E-state index in [1.54, 1.807) is 47.0 Å². The summed E-state index contributed by atoms with van der Waals surface area (Å²) >= 11 is 7.81. The molecular weight excluding hydrogens is 482 g/mol. The molecule has 1 heterocycles. The van der Waals surface area contributed by atoms with E-state index in [2.05, 4.69) is 0 Å². The molecule has 4 aromatic carbocycles. The first kappa shape index (κ1) is 23.0. The van der Waals surface area contributed by atoms with E-state index in [-0.39, 0.29) is 18.1 Å². The van der Waals surface area contributed by atoms with Crippen molar-refractivity contribution in [3.8, 4) is 5.75 Å². The van der Waals surface area contributed by atoms with Crippen LogP contribution in [0.15, 0.2) is 107 Å². The maximum Gasteiger partial charge on any atom is 0.342 e. The summed E-state index contributed by atoms with van der Waals surface area (Å²) in [4.78, 5) is 29.7. The Balaban J connectivity index is 1.31. The van der Waals surface area contributed by atoms with Gasteiger partial charge in [0.2, 0.25) is 0 Å². The van der Waals surface area contributed by atoms with Gasteiger partial charge in [-0.2, -0.15) is 0 Å². The van der Waals surface area contributed by atoms with Gasteiger partial charge in [0.1, 0.15) is 17.9 Å². The van der Waals surface area contributed by atoms with Gasteiger partial charge in [0.05, 0.1) is 11.4 Å². The quantitative estimate of drug-likeness (QED) is 0.269. The molecule has 1 aliphatic heterocycles. The molecule has 0 spiro atoms. The SMILES string of the molecule is O=C(OCC(=O)N1c2ccccc2Sc2ccccc21)c1ccccc1OCc1ccccc1Cl. The van der Waals surface area contributed by atoms with Crippen molar-refractivity contribution in [3.05, 3.63) is 113 Å². The van der Waals surface area contributed by atoms with Crippen LogP contribution in [0.2, 0.25) is 5.02 Å². The van der Waals surface area contributed by atoms with Crippen LogP contribution in [0.3, 0.4) is 0 Å². The normalized spacial score (nSPS) is 11.9. The Kier molecular flexibility index (Phi) is 6.75. The maximum absolute atomic E-state index is 13.3. The minimum Gasteiger partial charge on any atom is -0.488 e. The second kappa shape index (κ2) is 10.3. The molecule has 174 valence electrons. The molecule has 0 unspecified atom stereocenters. The number of nitrogens with zero attached hydrogens (tertiary/aromatic N) is 1. The minimum atomic E-state index is -0.638. The van der Waals surface area contributed by atoms with Crippen LogP contribution in [-0.4, -0.2) is 18.5 Å². The highest BCUT2D eigenvalue weighted by Gasteiger charge is 2.28. The lowest BCUT2D eigenvalue weighted by atomic mass is 10.2. The van der Waals surface area contributed by atoms with Crippen molar-refractivity contribution in [2.24, 2.45) is 0 Å². The first-order valence-electron chi connectivity index (χ1n) is 10.9. The number of amides is 1. The van der Waals surface area contributed by atoms with E-state index >= 15 is 0 Å². The molecule has 1 aliphatic rings. The number of fused-ring (bicyclic) bond motifs is 2. The van der Waals surface area contributed by atoms with Crippen LogP contribution in [0, 0.1) is 0 Å². The maximum atomic E-state index is 13.3. The molecule has 0 aliphatic carbocycles. The summed E-state index contributed by atoms with van der Waals surface area (Å²) in [6.07, 6.45) is 0. The molecule has 0 N–H and O–H groups in total. The number of carbonyl (C=O) groups is 2. The Morgan fingerprint density at radius 2 is 1.37 bits per heavy atom. The molecule has 7 heteroatoms. The highest BCUT2D eigenvalue weighted by atomic mass is 35.5. The number of hydrogen-bond donors (Lipinski definition) is 0. The van der Waals surface area contributed by atoms with Crippen LogP contribution >= 0.6 is 23.4 Å². The summed E-state index contributed by atoms with van der Waals surface area (Å²) in [6, 6.07) is 29.4. The summed E-state index contributed by atoms with van der Waals surface area (Å²) in [7, 11) is 0. The number of rotatable bonds is 6. The molecule has 35 heavy (non-hydrogen) atoms. The number of ether oxygens (including phenoxy) is 2. The summed E-state index contributed by atoms with van der Waals surface area (Å²) in [5, 5.41) is 0.582. The smallest absolute Gasteiger partial charge is 0.342 e. The molecular formula is C28H20ClNO4S. The van der Waals surface area contributed by atoms with E-state index < -0.39 is 12.6 Å². The molecule has 0 radical (unpaired) electrons. The van der Waals surface area contributed by atoms with Gasteiger partial charge < -0.3 is 9.47 Å². The first-order chi connectivity index (χ1) is 17.1. The largest absolute Gasteiger partial charge is 0.488 e. The fraction of sp³-hybridized carbons (Fsp3) is 0.0714. The van der Waals surface area contributed by atoms with Crippen LogP contribution in [0.1, 0.15) is 15.9 Å². The van der Waals surface area contributed by atoms with Crippen molar-refractivity contribution in [2.75, 3.05) is 11.5 Å². The van der Waals surface area contributed by atoms with Crippen molar-refractivity contribution in [3.63, 3.8) is 0 Å². The third-order valence-corrected chi connectivity index (χ3v) is 6.96. The van der Waals surface area contributed by atoms with E-state index in [0.29, 0.717) is 10.8 Å². The third-order valence-electron chi connectivity index (χ3n) is 5.46. The zero-order valence-electron chi connectivity index (χ0n) is 18.5. The van der Waals surface area contributed by atoms with E-state index in [9.17, 15) is 9.59 Å². The minimum absolute atomic E-state index is 0.196. The van der Waals surface area contributed by atoms with Crippen LogP contribution in [0.25, 0.3) is 0 Å². The fourth-order valence-corrected chi connectivity index (χ4v) is 5.02. The summed E-state index contributed by atoms with van der Waals surface area (Å²) in [6.45, 7) is -0.215. The Morgan fingerprint density at radius 3 is 2.09 bits per heavy atom. The average Bonchev–Trinajstić information content (AvgIpc) is 2.90. The first-order valence-corrected chi connectivity index (χ1v) is 12.1. The van der Waals surface area contributed by atoms with E-state index in [4.69, 9.17) is 21.1 Å². The molecule has 0 aromatic heterocycles. The van der Waals surface area contributed by atoms with E-state index in [1.165, 1.54) is 0 Å². The molecule has 0 atom stereocenters. The number of halogens is 1. The number of hydrogen-bond acceptors (Lipinski definition) is 5. The van der Waals surface area contributed by atoms with Crippen LogP contribution < -0.4 is 9.64 Å². The van der Waals surface area contributed by atoms with Crippen molar-refractivity contribution >= 4 is 46.6 Å². The number of benzene rings is 4. The summed E-state index contributed by atoms with van der Waals surface area (Å²) in [5.74, 6) is -0.621. The van der Waals surface area contributed by atoms with Crippen molar-refractivity contribution in [1.29, 1.82) is 0 Å². The van der Waals surface area contributed by atoms with Crippen molar-refractivity contribution in [2.45, 2.75) is 16.4 Å². The van der Waals surface area contributed by atoms with E-state index in [1.807, 2.05) is 66.7 Å². The molecule has 0 bridgehead atoms. The topological polar surface area (TPSA) is 55.8 Å². The zero-order valence-corrected chi connectivity index (χ0v) is 20.1. The van der Waals surface area contributed by atoms with Gasteiger partial charge in [0.15, 0.2) is 6.61 Å². The second-order valence-electron chi connectivity index (χ2n) is 7.72. The van der Waals surface area contributed by atoms with Gasteiger partial charge in [-0.15, -0.1) is 0 Å². The monoisotopic (exact) mass is 501 g/mol. The number of carbonyl (C=O) groups excluding carboxylic acids is 2. The van der Waals surface area contributed by atoms with Gasteiger partial charge in [0.25, 0.3) is 5.91 Å². The fourth-order valence-electron chi connectivity index (χ4n) is 3.78. The van der Waals surface area contributed by atoms with Gasteiger partial charge in [-0.1, -0.05) is 78.0 Å². The molecule has 0 saturated heterocycles. The lowest BCUT2D eigenvalue weighted by Gasteiger charge is -2.30. The van der Waals surface area contributed by atoms with Crippen LogP contribution in [-0.2, 0) is 16.1 Å². The summed E-state index contributed by atoms with van der Waals surface area (Å²) in [5.41, 5.74) is 2.57. The van der Waals surface area contributed by atoms with Crippen molar-refractivity contribution < 1.29 is 19.1 Å². The van der Waals surface area contributed by atoms with Gasteiger partial charge in [0, 0.05) is 20.4 Å². The van der Waals surface area contributed by atoms with Gasteiger partial charge >= 0.3 is 5.97 Å². The summed E-state index contributed by atoms with van der Waals surface area (Å²) < 4.78 is 11.3. The van der Waals surface area contributed by atoms with Crippen LogP contribution in [0.4, 0.5) is 11.4 Å². The molecule has 0 fully saturated rings. The number of esters is 1. The predicted octanol–water partition coefficient (Wildman–Crippen LogP) is 6.91. The Hall–Kier alpha value is -3.74. The second-order valence-corrected chi connectivity index (χ2v) is 9.21. The van der Waals surface area contributed by atoms with Gasteiger partial charge in [-0.3, -0.25) is 9.69 Å². The third kappa shape index (κ3) is 4.90. The molecule has 1 amide bonds. The highest BCUT2D eigenvalue weighted by Crippen LogP contribution is 2.47. The van der Waals surface area contributed by atoms with Gasteiger partial charge in [-0.05, 0) is 42.5 Å². The standard InChI is InChI=1S/C28H20ClNO4S/c29-21-11-3-1-9-19(21)17-33-24-14-6-2-10-20(24)28(32)34-18-27(31)30-22-12-4-7-15-25(22)35-26-16-8-5-13-23(26)30/h1-16H,17-18H2. The lowest BCUT2D eigenvalue weighted by Crippen LogP contribution is -2.32. The van der Waals surface area contributed by atoms with Gasteiger partial charge in [-0.25, -0.2) is 4.79 Å². The van der Waals surface area contributed by atoms with Crippen molar-refractivity contribution in [1.82, 2.24) is 0 Å². The highest BCUT2D eigenvalue weighted by molar-refractivity contribution is 7.99. The lowest BCUT2D eigenvalue weighted by molar-refractivity contribution is -0.121. The Morgan fingerprint density at radius 1 is 0.771 bits per heavy atom.